The van der Waals surface area contributed by atoms with Crippen LogP contribution in [-0.2, 0) is 14.8 Å². The number of benzene rings is 2. The molecular formula is C19H24ClN2O3S+. The van der Waals surface area contributed by atoms with E-state index in [1.54, 1.807) is 18.2 Å². The van der Waals surface area contributed by atoms with Crippen LogP contribution in [0.2, 0.25) is 5.02 Å². The van der Waals surface area contributed by atoms with Gasteiger partial charge in [0, 0.05) is 5.02 Å². The number of morpholine rings is 1. The quantitative estimate of drug-likeness (QED) is 0.780. The molecule has 1 heterocycles. The summed E-state index contributed by atoms with van der Waals surface area (Å²) in [5.74, 6) is 0. The lowest BCUT2D eigenvalue weighted by Crippen LogP contribution is -3.14. The summed E-state index contributed by atoms with van der Waals surface area (Å²) in [6, 6.07) is 14.0. The second-order valence-electron chi connectivity index (χ2n) is 6.61. The molecule has 0 unspecified atom stereocenters. The third-order valence-corrected chi connectivity index (χ3v) is 6.28. The fourth-order valence-corrected chi connectivity index (χ4v) is 4.59. The van der Waals surface area contributed by atoms with E-state index in [9.17, 15) is 8.42 Å². The van der Waals surface area contributed by atoms with Gasteiger partial charge in [0.25, 0.3) is 0 Å². The molecule has 0 saturated carbocycles. The molecule has 1 saturated heterocycles. The third kappa shape index (κ3) is 5.05. The Labute approximate surface area is 160 Å². The van der Waals surface area contributed by atoms with Crippen molar-refractivity contribution in [2.24, 2.45) is 0 Å². The molecule has 3 rings (SSSR count). The largest absolute Gasteiger partial charge is 0.370 e. The van der Waals surface area contributed by atoms with Gasteiger partial charge in [-0.25, -0.2) is 8.42 Å². The molecule has 2 aromatic carbocycles. The Morgan fingerprint density at radius 2 is 1.85 bits per heavy atom. The van der Waals surface area contributed by atoms with Gasteiger partial charge in [0.1, 0.15) is 13.1 Å². The highest BCUT2D eigenvalue weighted by molar-refractivity contribution is 7.89. The topological polar surface area (TPSA) is 59.8 Å². The third-order valence-electron chi connectivity index (χ3n) is 4.58. The number of nitrogens with one attached hydrogen (secondary N) is 2. The minimum Gasteiger partial charge on any atom is -0.370 e. The number of hydrogen-bond acceptors (Lipinski definition) is 3. The van der Waals surface area contributed by atoms with Gasteiger partial charge in [0.05, 0.1) is 30.7 Å². The van der Waals surface area contributed by atoms with E-state index < -0.39 is 10.0 Å². The van der Waals surface area contributed by atoms with Crippen molar-refractivity contribution in [2.75, 3.05) is 32.8 Å². The average molecular weight is 396 g/mol. The molecule has 0 bridgehead atoms. The Morgan fingerprint density at radius 3 is 2.50 bits per heavy atom. The molecular weight excluding hydrogens is 372 g/mol. The molecule has 7 heteroatoms. The molecule has 0 aliphatic carbocycles. The van der Waals surface area contributed by atoms with Crippen molar-refractivity contribution in [3.8, 4) is 0 Å². The summed E-state index contributed by atoms with van der Waals surface area (Å²) < 4.78 is 34.0. The molecule has 1 aliphatic heterocycles. The predicted octanol–water partition coefficient (Wildman–Crippen LogP) is 1.58. The Kier molecular flexibility index (Phi) is 6.32. The highest BCUT2D eigenvalue weighted by Crippen LogP contribution is 2.19. The molecule has 1 atom stereocenters. The fraction of sp³-hybridized carbons (Fsp3) is 0.368. The first-order valence-electron chi connectivity index (χ1n) is 8.70. The van der Waals surface area contributed by atoms with Crippen LogP contribution in [0.4, 0.5) is 0 Å². The molecule has 2 N–H and O–H groups in total. The minimum absolute atomic E-state index is 0.180. The second kappa shape index (κ2) is 8.50. The molecule has 0 spiro atoms. The zero-order valence-corrected chi connectivity index (χ0v) is 16.3. The van der Waals surface area contributed by atoms with Crippen LogP contribution in [0.1, 0.15) is 17.2 Å². The zero-order chi connectivity index (χ0) is 18.6. The van der Waals surface area contributed by atoms with E-state index in [1.165, 1.54) is 11.0 Å². The van der Waals surface area contributed by atoms with E-state index in [0.717, 1.165) is 24.2 Å². The van der Waals surface area contributed by atoms with Gasteiger partial charge in [-0.15, -0.1) is 0 Å². The summed E-state index contributed by atoms with van der Waals surface area (Å²) in [6.45, 7) is 5.85. The Balaban J connectivity index is 1.85. The standard InChI is InChI=1S/C19H23ClN2O3S/c1-15-5-7-16(8-6-15)19(14-22-9-11-25-12-10-22)21-26(23,24)18-4-2-3-17(20)13-18/h2-8,13,19,21H,9-12,14H2,1H3/p+1/t19-/m0/s1. The van der Waals surface area contributed by atoms with Gasteiger partial charge in [-0.1, -0.05) is 47.5 Å². The number of rotatable bonds is 6. The van der Waals surface area contributed by atoms with E-state index in [2.05, 4.69) is 4.72 Å². The summed E-state index contributed by atoms with van der Waals surface area (Å²) in [7, 11) is -3.67. The van der Waals surface area contributed by atoms with E-state index in [1.807, 2.05) is 31.2 Å². The normalized spacial score (nSPS) is 17.2. The maximum Gasteiger partial charge on any atom is 0.241 e. The minimum atomic E-state index is -3.67. The Hall–Kier alpha value is -1.44. The zero-order valence-electron chi connectivity index (χ0n) is 14.7. The molecule has 0 radical (unpaired) electrons. The van der Waals surface area contributed by atoms with Gasteiger partial charge in [0.2, 0.25) is 10.0 Å². The second-order valence-corrected chi connectivity index (χ2v) is 8.76. The molecule has 140 valence electrons. The van der Waals surface area contributed by atoms with Crippen molar-refractivity contribution < 1.29 is 18.1 Å². The Morgan fingerprint density at radius 1 is 1.15 bits per heavy atom. The van der Waals surface area contributed by atoms with Gasteiger partial charge < -0.3 is 9.64 Å². The van der Waals surface area contributed by atoms with Gasteiger partial charge in [-0.2, -0.15) is 4.72 Å². The number of halogens is 1. The van der Waals surface area contributed by atoms with E-state index in [4.69, 9.17) is 16.3 Å². The molecule has 26 heavy (non-hydrogen) atoms. The van der Waals surface area contributed by atoms with Crippen LogP contribution in [0, 0.1) is 6.92 Å². The van der Waals surface area contributed by atoms with Crippen LogP contribution in [0.3, 0.4) is 0 Å². The molecule has 1 aliphatic rings. The van der Waals surface area contributed by atoms with Crippen LogP contribution >= 0.6 is 11.6 Å². The van der Waals surface area contributed by atoms with Crippen molar-refractivity contribution in [3.63, 3.8) is 0 Å². The lowest BCUT2D eigenvalue weighted by atomic mass is 10.1. The molecule has 0 amide bonds. The summed E-state index contributed by atoms with van der Waals surface area (Å²) >= 11 is 5.97. The van der Waals surface area contributed by atoms with Gasteiger partial charge in [-0.05, 0) is 30.7 Å². The summed E-state index contributed by atoms with van der Waals surface area (Å²) in [6.07, 6.45) is 0. The number of sulfonamides is 1. The van der Waals surface area contributed by atoms with Crippen molar-refractivity contribution in [1.82, 2.24) is 4.72 Å². The summed E-state index contributed by atoms with van der Waals surface area (Å²) in [5, 5.41) is 0.401. The lowest BCUT2D eigenvalue weighted by Gasteiger charge is -2.28. The number of ether oxygens (including phenoxy) is 1. The van der Waals surface area contributed by atoms with E-state index in [0.29, 0.717) is 24.8 Å². The fourth-order valence-electron chi connectivity index (χ4n) is 3.07. The van der Waals surface area contributed by atoms with E-state index >= 15 is 0 Å². The SMILES string of the molecule is Cc1ccc([C@H](C[NH+]2CCOCC2)NS(=O)(=O)c2cccc(Cl)c2)cc1. The number of hydrogen-bond donors (Lipinski definition) is 2. The first-order chi connectivity index (χ1) is 12.4. The van der Waals surface area contributed by atoms with Gasteiger partial charge >= 0.3 is 0 Å². The van der Waals surface area contributed by atoms with Gasteiger partial charge in [0.15, 0.2) is 0 Å². The van der Waals surface area contributed by atoms with Crippen LogP contribution in [-0.4, -0.2) is 41.3 Å². The smallest absolute Gasteiger partial charge is 0.241 e. The maximum atomic E-state index is 12.9. The van der Waals surface area contributed by atoms with Crippen LogP contribution in [0.25, 0.3) is 0 Å². The van der Waals surface area contributed by atoms with Crippen molar-refractivity contribution in [1.29, 1.82) is 0 Å². The van der Waals surface area contributed by atoms with E-state index in [-0.39, 0.29) is 10.9 Å². The molecule has 0 aromatic heterocycles. The monoisotopic (exact) mass is 395 g/mol. The van der Waals surface area contributed by atoms with Crippen molar-refractivity contribution >= 4 is 21.6 Å². The van der Waals surface area contributed by atoms with Crippen molar-refractivity contribution in [2.45, 2.75) is 17.9 Å². The molecule has 1 fully saturated rings. The number of aryl methyl sites for hydroxylation is 1. The molecule has 2 aromatic rings. The highest BCUT2D eigenvalue weighted by atomic mass is 35.5. The first kappa shape index (κ1) is 19.3. The lowest BCUT2D eigenvalue weighted by molar-refractivity contribution is -0.909. The van der Waals surface area contributed by atoms with Crippen LogP contribution in [0.15, 0.2) is 53.4 Å². The summed E-state index contributed by atoms with van der Waals surface area (Å²) in [5.41, 5.74) is 2.10. The average Bonchev–Trinajstić information content (AvgIpc) is 2.62. The molecule has 5 nitrogen and oxygen atoms in total. The predicted molar refractivity (Wildman–Crippen MR) is 102 cm³/mol. The maximum absolute atomic E-state index is 12.9. The van der Waals surface area contributed by atoms with Crippen LogP contribution in [0.5, 0.6) is 0 Å². The first-order valence-corrected chi connectivity index (χ1v) is 10.6. The Bertz CT molecular complexity index is 834. The summed E-state index contributed by atoms with van der Waals surface area (Å²) in [4.78, 5) is 1.51. The van der Waals surface area contributed by atoms with Crippen LogP contribution < -0.4 is 9.62 Å². The number of quaternary nitrogens is 1. The highest BCUT2D eigenvalue weighted by Gasteiger charge is 2.26. The van der Waals surface area contributed by atoms with Crippen molar-refractivity contribution in [3.05, 3.63) is 64.7 Å². The van der Waals surface area contributed by atoms with Gasteiger partial charge in [-0.3, -0.25) is 0 Å².